The minimum atomic E-state index is -2.53. The Balaban J connectivity index is 2.19. The van der Waals surface area contributed by atoms with E-state index >= 15 is 0 Å². The van der Waals surface area contributed by atoms with E-state index in [1.165, 1.54) is 15.9 Å². The molecule has 4 heteroatoms. The molecule has 0 amide bonds. The second-order valence-electron chi connectivity index (χ2n) is 6.09. The van der Waals surface area contributed by atoms with Gasteiger partial charge in [-0.1, -0.05) is 0 Å². The van der Waals surface area contributed by atoms with E-state index in [2.05, 4.69) is 52.3 Å². The maximum atomic E-state index is 12.7. The van der Waals surface area contributed by atoms with Crippen LogP contribution in [-0.2, 0) is 9.53 Å². The molecule has 0 aromatic heterocycles. The zero-order valence-corrected chi connectivity index (χ0v) is 17.1. The average Bonchev–Trinajstić information content (AvgIpc) is 2.72. The Morgan fingerprint density at radius 2 is 1.12 bits per heavy atom. The summed E-state index contributed by atoms with van der Waals surface area (Å²) in [6.45, 7) is 0.391. The topological polar surface area (TPSA) is 26.3 Å². The van der Waals surface area contributed by atoms with E-state index in [1.807, 2.05) is 54.6 Å². The number of halogens is 1. The van der Waals surface area contributed by atoms with Gasteiger partial charge in [0.2, 0.25) is 0 Å². The Hall–Kier alpha value is -1.96. The van der Waals surface area contributed by atoms with Crippen LogP contribution in [-0.4, -0.2) is 24.1 Å². The third kappa shape index (κ3) is 4.06. The second kappa shape index (κ2) is 9.12. The summed E-state index contributed by atoms with van der Waals surface area (Å²) < 4.78 is 5.46. The van der Waals surface area contributed by atoms with Crippen LogP contribution in [0.2, 0.25) is 0 Å². The number of carbonyl (C=O) groups excluding carboxylic acids is 1. The molecule has 0 saturated heterocycles. The molecule has 3 aromatic rings. The molecule has 0 saturated carbocycles. The second-order valence-corrected chi connectivity index (χ2v) is 10.8. The van der Waals surface area contributed by atoms with Crippen LogP contribution in [0.15, 0.2) is 91.0 Å². The average molecular weight is 429 g/mol. The third-order valence-corrected chi connectivity index (χ3v) is 9.65. The molecular weight excluding hydrogens is 407 g/mol. The maximum absolute atomic E-state index is 12.7. The molecule has 3 rings (SSSR count). The van der Waals surface area contributed by atoms with Gasteiger partial charge in [0.1, 0.15) is 0 Å². The van der Waals surface area contributed by atoms with E-state index in [4.69, 9.17) is 4.74 Å². The van der Waals surface area contributed by atoms with Crippen molar-refractivity contribution in [2.75, 3.05) is 18.1 Å². The Kier molecular flexibility index (Phi) is 6.60. The molecule has 26 heavy (non-hydrogen) atoms. The number of alkyl halides is 1. The predicted molar refractivity (Wildman–Crippen MR) is 116 cm³/mol. The van der Waals surface area contributed by atoms with Gasteiger partial charge in [0, 0.05) is 0 Å². The zero-order valence-electron chi connectivity index (χ0n) is 14.5. The molecule has 0 aliphatic heterocycles. The molecular formula is C22H22BrO2P. The number of hydrogen-bond acceptors (Lipinski definition) is 2. The van der Waals surface area contributed by atoms with E-state index < -0.39 is 7.26 Å². The van der Waals surface area contributed by atoms with Crippen molar-refractivity contribution in [2.24, 2.45) is 0 Å². The molecule has 0 atom stereocenters. The van der Waals surface area contributed by atoms with Crippen molar-refractivity contribution in [1.82, 2.24) is 0 Å². The quantitative estimate of drug-likeness (QED) is 0.326. The van der Waals surface area contributed by atoms with Gasteiger partial charge in [-0.2, -0.15) is 0 Å². The summed E-state index contributed by atoms with van der Waals surface area (Å²) in [7, 11) is -2.53. The Morgan fingerprint density at radius 3 is 1.46 bits per heavy atom. The van der Waals surface area contributed by atoms with Crippen molar-refractivity contribution >= 4 is 45.1 Å². The number of rotatable bonds is 7. The van der Waals surface area contributed by atoms with E-state index in [0.29, 0.717) is 18.1 Å². The molecule has 0 heterocycles. The van der Waals surface area contributed by atoms with Crippen LogP contribution in [0.3, 0.4) is 0 Å². The van der Waals surface area contributed by atoms with Gasteiger partial charge in [0.25, 0.3) is 0 Å². The summed E-state index contributed by atoms with van der Waals surface area (Å²) in [6, 6.07) is 31.2. The van der Waals surface area contributed by atoms with Crippen LogP contribution in [0, 0.1) is 0 Å². The summed E-state index contributed by atoms with van der Waals surface area (Å²) in [4.78, 5) is 12.7. The van der Waals surface area contributed by atoms with Crippen LogP contribution in [0.5, 0.6) is 0 Å². The monoisotopic (exact) mass is 428 g/mol. The standard InChI is InChI=1S/C22H22BrO2P/c23-16-17-25-22(24)18-26(19-10-4-1-5-11-19,20-12-6-2-7-13-20)21-14-8-3-9-15-21/h1-15,26H,16-18H2. The number of benzene rings is 3. The molecule has 0 spiro atoms. The Morgan fingerprint density at radius 1 is 0.731 bits per heavy atom. The van der Waals surface area contributed by atoms with Crippen LogP contribution in [0.1, 0.15) is 0 Å². The molecule has 2 nitrogen and oxygen atoms in total. The van der Waals surface area contributed by atoms with E-state index in [0.717, 1.165) is 0 Å². The summed E-state index contributed by atoms with van der Waals surface area (Å²) in [5.74, 6) is -0.146. The van der Waals surface area contributed by atoms with Crippen molar-refractivity contribution in [3.8, 4) is 0 Å². The molecule has 0 aliphatic rings. The van der Waals surface area contributed by atoms with E-state index in [1.54, 1.807) is 0 Å². The van der Waals surface area contributed by atoms with Gasteiger partial charge in [0.05, 0.1) is 0 Å². The first-order valence-electron chi connectivity index (χ1n) is 8.65. The Labute approximate surface area is 163 Å². The van der Waals surface area contributed by atoms with Crippen molar-refractivity contribution in [1.29, 1.82) is 0 Å². The summed E-state index contributed by atoms with van der Waals surface area (Å²) >= 11 is 3.33. The van der Waals surface area contributed by atoms with Crippen LogP contribution in [0.4, 0.5) is 0 Å². The molecule has 0 radical (unpaired) electrons. The fourth-order valence-corrected chi connectivity index (χ4v) is 7.99. The predicted octanol–water partition coefficient (Wildman–Crippen LogP) is 3.65. The normalized spacial score (nSPS) is 11.7. The molecule has 0 bridgehead atoms. The number of hydrogen-bond donors (Lipinski definition) is 0. The van der Waals surface area contributed by atoms with E-state index in [9.17, 15) is 4.79 Å². The fourth-order valence-electron chi connectivity index (χ4n) is 3.39. The first kappa shape index (κ1) is 18.8. The van der Waals surface area contributed by atoms with Crippen molar-refractivity contribution in [3.05, 3.63) is 91.0 Å². The van der Waals surface area contributed by atoms with Gasteiger partial charge in [-0.25, -0.2) is 0 Å². The third-order valence-electron chi connectivity index (χ3n) is 4.55. The number of carbonyl (C=O) groups is 1. The van der Waals surface area contributed by atoms with Gasteiger partial charge in [-0.15, -0.1) is 0 Å². The fraction of sp³-hybridized carbons (Fsp3) is 0.136. The molecule has 134 valence electrons. The molecule has 0 unspecified atom stereocenters. The summed E-state index contributed by atoms with van der Waals surface area (Å²) in [5.41, 5.74) is 0. The van der Waals surface area contributed by atoms with Crippen LogP contribution < -0.4 is 15.9 Å². The van der Waals surface area contributed by atoms with Crippen LogP contribution >= 0.6 is 23.2 Å². The molecule has 3 aromatic carbocycles. The van der Waals surface area contributed by atoms with Crippen molar-refractivity contribution in [3.63, 3.8) is 0 Å². The van der Waals surface area contributed by atoms with E-state index in [-0.39, 0.29) is 5.97 Å². The van der Waals surface area contributed by atoms with Gasteiger partial charge < -0.3 is 0 Å². The molecule has 0 fully saturated rings. The molecule has 0 aliphatic carbocycles. The molecule has 0 N–H and O–H groups in total. The summed E-state index contributed by atoms with van der Waals surface area (Å²) in [6.07, 6.45) is 0.387. The zero-order chi connectivity index (χ0) is 18.2. The SMILES string of the molecule is O=C(C[PH](c1ccccc1)(c1ccccc1)c1ccccc1)OCCBr. The number of esters is 1. The Bertz CT molecular complexity index is 726. The van der Waals surface area contributed by atoms with Crippen molar-refractivity contribution in [2.45, 2.75) is 0 Å². The van der Waals surface area contributed by atoms with Crippen molar-refractivity contribution < 1.29 is 9.53 Å². The minimum absolute atomic E-state index is 0.146. The first-order chi connectivity index (χ1) is 12.8. The van der Waals surface area contributed by atoms with Gasteiger partial charge in [0.15, 0.2) is 0 Å². The first-order valence-corrected chi connectivity index (χ1v) is 12.0. The van der Waals surface area contributed by atoms with Gasteiger partial charge in [-0.05, 0) is 0 Å². The summed E-state index contributed by atoms with van der Waals surface area (Å²) in [5, 5.41) is 4.30. The number of ether oxygens (including phenoxy) is 1. The van der Waals surface area contributed by atoms with Gasteiger partial charge >= 0.3 is 164 Å². The van der Waals surface area contributed by atoms with Crippen LogP contribution in [0.25, 0.3) is 0 Å². The van der Waals surface area contributed by atoms with Gasteiger partial charge in [-0.3, -0.25) is 0 Å².